The van der Waals surface area contributed by atoms with Gasteiger partial charge in [-0.3, -0.25) is 19.9 Å². The van der Waals surface area contributed by atoms with Crippen molar-refractivity contribution < 1.29 is 4.79 Å². The summed E-state index contributed by atoms with van der Waals surface area (Å²) in [6.07, 6.45) is 8.63. The molecular weight excluding hydrogens is 366 g/mol. The molecule has 0 unspecified atom stereocenters. The van der Waals surface area contributed by atoms with Crippen LogP contribution in [0, 0.1) is 6.92 Å². The number of aromatic nitrogens is 6. The van der Waals surface area contributed by atoms with Gasteiger partial charge in [-0.2, -0.15) is 5.10 Å². The van der Waals surface area contributed by atoms with Crippen molar-refractivity contribution in [2.24, 2.45) is 0 Å². The Labute approximate surface area is 165 Å². The van der Waals surface area contributed by atoms with Crippen molar-refractivity contribution >= 4 is 27.8 Å². The number of hydrogen-bond donors (Lipinski definition) is 3. The van der Waals surface area contributed by atoms with Gasteiger partial charge in [0.1, 0.15) is 0 Å². The SMILES string of the molecule is CNC(=O)c1cncc(-c2cnc3n[nH]c(-c4cc5ccncc5[nH]4)c3c2)c1C. The molecule has 1 amide bonds. The fourth-order valence-corrected chi connectivity index (χ4v) is 3.54. The summed E-state index contributed by atoms with van der Waals surface area (Å²) in [6.45, 7) is 1.91. The highest BCUT2D eigenvalue weighted by atomic mass is 16.1. The summed E-state index contributed by atoms with van der Waals surface area (Å²) < 4.78 is 0. The molecule has 5 rings (SSSR count). The van der Waals surface area contributed by atoms with Gasteiger partial charge in [0.2, 0.25) is 0 Å². The summed E-state index contributed by atoms with van der Waals surface area (Å²) in [6, 6.07) is 6.02. The van der Waals surface area contributed by atoms with E-state index in [1.165, 1.54) is 0 Å². The molecule has 8 nitrogen and oxygen atoms in total. The smallest absolute Gasteiger partial charge is 0.252 e. The number of aromatic amines is 2. The van der Waals surface area contributed by atoms with E-state index in [2.05, 4.69) is 41.5 Å². The van der Waals surface area contributed by atoms with Crippen molar-refractivity contribution in [3.63, 3.8) is 0 Å². The standard InChI is InChI=1S/C21H17N7O/c1-11-15(8-24-9-16(11)21(29)22-2)13-5-14-19(27-28-20(14)25-7-13)17-6-12-3-4-23-10-18(12)26-17/h3-10,26H,1-2H3,(H,22,29)(H,25,27,28). The lowest BCUT2D eigenvalue weighted by molar-refractivity contribution is 0.0962. The fourth-order valence-electron chi connectivity index (χ4n) is 3.54. The van der Waals surface area contributed by atoms with Gasteiger partial charge in [0.15, 0.2) is 5.65 Å². The molecule has 0 fully saturated rings. The van der Waals surface area contributed by atoms with Gasteiger partial charge in [-0.25, -0.2) is 4.98 Å². The molecular formula is C21H17N7O. The van der Waals surface area contributed by atoms with Crippen LogP contribution in [0.15, 0.2) is 49.2 Å². The lowest BCUT2D eigenvalue weighted by atomic mass is 9.99. The maximum atomic E-state index is 12.1. The average Bonchev–Trinajstić information content (AvgIpc) is 3.36. The van der Waals surface area contributed by atoms with Crippen LogP contribution in [0.5, 0.6) is 0 Å². The van der Waals surface area contributed by atoms with Crippen LogP contribution in [-0.2, 0) is 0 Å². The third kappa shape index (κ3) is 2.73. The van der Waals surface area contributed by atoms with Crippen LogP contribution in [0.3, 0.4) is 0 Å². The van der Waals surface area contributed by atoms with E-state index in [1.807, 2.05) is 19.1 Å². The minimum Gasteiger partial charge on any atom is -0.355 e. The minimum absolute atomic E-state index is 0.165. The molecule has 5 aromatic rings. The number of nitrogens with zero attached hydrogens (tertiary/aromatic N) is 4. The maximum Gasteiger partial charge on any atom is 0.252 e. The van der Waals surface area contributed by atoms with Crippen LogP contribution in [0.4, 0.5) is 0 Å². The van der Waals surface area contributed by atoms with Gasteiger partial charge < -0.3 is 10.3 Å². The lowest BCUT2D eigenvalue weighted by Crippen LogP contribution is -2.19. The second-order valence-corrected chi connectivity index (χ2v) is 6.78. The van der Waals surface area contributed by atoms with Crippen molar-refractivity contribution in [2.75, 3.05) is 7.05 Å². The Kier molecular flexibility index (Phi) is 3.83. The van der Waals surface area contributed by atoms with Crippen molar-refractivity contribution in [3.05, 3.63) is 60.3 Å². The van der Waals surface area contributed by atoms with Crippen molar-refractivity contribution in [1.29, 1.82) is 0 Å². The quantitative estimate of drug-likeness (QED) is 0.443. The molecule has 0 aliphatic carbocycles. The zero-order chi connectivity index (χ0) is 20.0. The highest BCUT2D eigenvalue weighted by Crippen LogP contribution is 2.31. The van der Waals surface area contributed by atoms with Gasteiger partial charge in [-0.1, -0.05) is 0 Å². The van der Waals surface area contributed by atoms with Crippen molar-refractivity contribution in [3.8, 4) is 22.5 Å². The first-order chi connectivity index (χ1) is 14.2. The molecule has 0 aromatic carbocycles. The van der Waals surface area contributed by atoms with Crippen LogP contribution in [0.25, 0.3) is 44.5 Å². The molecule has 8 heteroatoms. The topological polar surface area (TPSA) is 112 Å². The predicted molar refractivity (Wildman–Crippen MR) is 110 cm³/mol. The van der Waals surface area contributed by atoms with Crippen LogP contribution in [-0.4, -0.2) is 43.1 Å². The minimum atomic E-state index is -0.165. The van der Waals surface area contributed by atoms with E-state index in [0.717, 1.165) is 44.4 Å². The number of nitrogens with one attached hydrogen (secondary N) is 3. The fraction of sp³-hybridized carbons (Fsp3) is 0.0952. The van der Waals surface area contributed by atoms with Crippen LogP contribution >= 0.6 is 0 Å². The predicted octanol–water partition coefficient (Wildman–Crippen LogP) is 3.23. The normalized spacial score (nSPS) is 11.2. The molecule has 0 bridgehead atoms. The van der Waals surface area contributed by atoms with Crippen molar-refractivity contribution in [1.82, 2.24) is 35.5 Å². The number of amides is 1. The van der Waals surface area contributed by atoms with E-state index in [9.17, 15) is 4.79 Å². The van der Waals surface area contributed by atoms with E-state index in [1.54, 1.807) is 38.0 Å². The van der Waals surface area contributed by atoms with E-state index < -0.39 is 0 Å². The highest BCUT2D eigenvalue weighted by molar-refractivity contribution is 5.98. The summed E-state index contributed by atoms with van der Waals surface area (Å²) in [4.78, 5) is 28.4. The molecule has 5 aromatic heterocycles. The third-order valence-electron chi connectivity index (χ3n) is 5.10. The molecule has 0 atom stereocenters. The molecule has 0 aliphatic rings. The number of carbonyl (C=O) groups is 1. The molecule has 0 saturated heterocycles. The van der Waals surface area contributed by atoms with Crippen LogP contribution in [0.1, 0.15) is 15.9 Å². The summed E-state index contributed by atoms with van der Waals surface area (Å²) in [5.74, 6) is -0.165. The maximum absolute atomic E-state index is 12.1. The van der Waals surface area contributed by atoms with Gasteiger partial charge in [-0.15, -0.1) is 0 Å². The van der Waals surface area contributed by atoms with E-state index in [-0.39, 0.29) is 5.91 Å². The molecule has 142 valence electrons. The van der Waals surface area contributed by atoms with E-state index in [0.29, 0.717) is 11.2 Å². The van der Waals surface area contributed by atoms with Gasteiger partial charge in [0.25, 0.3) is 5.91 Å². The Morgan fingerprint density at radius 3 is 2.83 bits per heavy atom. The van der Waals surface area contributed by atoms with Crippen molar-refractivity contribution in [2.45, 2.75) is 6.92 Å². The van der Waals surface area contributed by atoms with Gasteiger partial charge >= 0.3 is 0 Å². The van der Waals surface area contributed by atoms with Crippen LogP contribution < -0.4 is 5.32 Å². The summed E-state index contributed by atoms with van der Waals surface area (Å²) in [5.41, 5.74) is 6.44. The Bertz CT molecular complexity index is 1350. The molecule has 29 heavy (non-hydrogen) atoms. The second kappa shape index (κ2) is 6.52. The lowest BCUT2D eigenvalue weighted by Gasteiger charge is -2.10. The summed E-state index contributed by atoms with van der Waals surface area (Å²) in [5, 5.41) is 12.0. The Balaban J connectivity index is 1.67. The molecule has 0 spiro atoms. The first-order valence-corrected chi connectivity index (χ1v) is 9.10. The largest absolute Gasteiger partial charge is 0.355 e. The number of pyridine rings is 3. The Morgan fingerprint density at radius 2 is 2.00 bits per heavy atom. The van der Waals surface area contributed by atoms with Gasteiger partial charge in [-0.05, 0) is 30.7 Å². The highest BCUT2D eigenvalue weighted by Gasteiger charge is 2.16. The first-order valence-electron chi connectivity index (χ1n) is 9.10. The van der Waals surface area contributed by atoms with Gasteiger partial charge in [0.05, 0.1) is 28.7 Å². The first kappa shape index (κ1) is 17.1. The Hall–Kier alpha value is -4.07. The molecule has 3 N–H and O–H groups in total. The summed E-state index contributed by atoms with van der Waals surface area (Å²) >= 11 is 0. The zero-order valence-corrected chi connectivity index (χ0v) is 15.8. The zero-order valence-electron chi connectivity index (χ0n) is 15.8. The van der Waals surface area contributed by atoms with E-state index >= 15 is 0 Å². The number of fused-ring (bicyclic) bond motifs is 2. The summed E-state index contributed by atoms with van der Waals surface area (Å²) in [7, 11) is 1.61. The number of H-pyrrole nitrogens is 2. The molecule has 5 heterocycles. The third-order valence-corrected chi connectivity index (χ3v) is 5.10. The monoisotopic (exact) mass is 383 g/mol. The number of rotatable bonds is 3. The van der Waals surface area contributed by atoms with E-state index in [4.69, 9.17) is 0 Å². The van der Waals surface area contributed by atoms with Crippen LogP contribution in [0.2, 0.25) is 0 Å². The average molecular weight is 383 g/mol. The molecule has 0 saturated carbocycles. The number of hydrogen-bond acceptors (Lipinski definition) is 5. The Morgan fingerprint density at radius 1 is 1.10 bits per heavy atom. The van der Waals surface area contributed by atoms with Gasteiger partial charge in [0, 0.05) is 53.7 Å². The molecule has 0 radical (unpaired) electrons. The second-order valence-electron chi connectivity index (χ2n) is 6.78. The molecule has 0 aliphatic heterocycles. The number of carbonyl (C=O) groups excluding carboxylic acids is 1.